The molecule has 34 heavy (non-hydrogen) atoms. The van der Waals surface area contributed by atoms with Crippen molar-refractivity contribution < 1.29 is 27.5 Å². The molecule has 0 spiro atoms. The Kier molecular flexibility index (Phi) is 6.34. The van der Waals surface area contributed by atoms with Crippen LogP contribution in [0.4, 0.5) is 13.2 Å². The second-order valence-corrected chi connectivity index (χ2v) is 7.42. The molecule has 4 rings (SSSR count). The number of halogens is 3. The van der Waals surface area contributed by atoms with E-state index in [1.807, 2.05) is 0 Å². The molecule has 8 heteroatoms. The van der Waals surface area contributed by atoms with E-state index in [2.05, 4.69) is 10.5 Å². The van der Waals surface area contributed by atoms with Crippen LogP contribution >= 0.6 is 0 Å². The van der Waals surface area contributed by atoms with Gasteiger partial charge in [-0.1, -0.05) is 72.8 Å². The van der Waals surface area contributed by atoms with Crippen LogP contribution in [0.25, 0.3) is 11.3 Å². The molecule has 172 valence electrons. The van der Waals surface area contributed by atoms with Gasteiger partial charge < -0.3 is 9.52 Å². The van der Waals surface area contributed by atoms with E-state index in [1.165, 1.54) is 30.5 Å². The zero-order valence-corrected chi connectivity index (χ0v) is 17.7. The smallest absolute Gasteiger partial charge is 0.416 e. The number of furan rings is 1. The van der Waals surface area contributed by atoms with Gasteiger partial charge in [-0.3, -0.25) is 4.79 Å². The molecule has 1 amide bonds. The number of hydrogen-bond donors (Lipinski definition) is 2. The zero-order chi connectivity index (χ0) is 24.2. The van der Waals surface area contributed by atoms with Gasteiger partial charge in [0.05, 0.1) is 11.8 Å². The van der Waals surface area contributed by atoms with Crippen LogP contribution in [0.3, 0.4) is 0 Å². The van der Waals surface area contributed by atoms with Crippen LogP contribution in [0.15, 0.2) is 107 Å². The van der Waals surface area contributed by atoms with E-state index in [9.17, 15) is 23.1 Å². The first-order valence-electron chi connectivity index (χ1n) is 10.2. The highest BCUT2D eigenvalue weighted by atomic mass is 19.4. The lowest BCUT2D eigenvalue weighted by atomic mass is 9.85. The molecule has 0 fully saturated rings. The van der Waals surface area contributed by atoms with Gasteiger partial charge in [-0.25, -0.2) is 5.43 Å². The molecule has 2 N–H and O–H groups in total. The Labute approximate surface area is 193 Å². The first-order valence-corrected chi connectivity index (χ1v) is 10.2. The zero-order valence-electron chi connectivity index (χ0n) is 17.7. The standard InChI is InChI=1S/C26H19F3N2O3/c27-26(28,29)21-13-7-8-18(16-21)23-15-14-22(34-23)17-30-31-24(32)25(33,19-9-3-1-4-10-19)20-11-5-2-6-12-20/h1-17,33H,(H,31,32). The molecule has 5 nitrogen and oxygen atoms in total. The molecule has 3 aromatic carbocycles. The van der Waals surface area contributed by atoms with Gasteiger partial charge in [-0.2, -0.15) is 18.3 Å². The summed E-state index contributed by atoms with van der Waals surface area (Å²) in [4.78, 5) is 13.0. The predicted octanol–water partition coefficient (Wildman–Crippen LogP) is 5.35. The van der Waals surface area contributed by atoms with E-state index in [-0.39, 0.29) is 17.1 Å². The molecule has 1 heterocycles. The summed E-state index contributed by atoms with van der Waals surface area (Å²) in [6.45, 7) is 0. The van der Waals surface area contributed by atoms with Crippen molar-refractivity contribution in [2.45, 2.75) is 11.8 Å². The molecule has 4 aromatic rings. The van der Waals surface area contributed by atoms with E-state index >= 15 is 0 Å². The molecular weight excluding hydrogens is 445 g/mol. The van der Waals surface area contributed by atoms with Crippen LogP contribution in [0.1, 0.15) is 22.5 Å². The van der Waals surface area contributed by atoms with Crippen LogP contribution in [-0.2, 0) is 16.6 Å². The molecule has 0 aliphatic rings. The van der Waals surface area contributed by atoms with Crippen molar-refractivity contribution in [2.24, 2.45) is 5.10 Å². The molecule has 0 atom stereocenters. The van der Waals surface area contributed by atoms with Crippen molar-refractivity contribution in [2.75, 3.05) is 0 Å². The normalized spacial score (nSPS) is 12.1. The summed E-state index contributed by atoms with van der Waals surface area (Å²) in [5.74, 6) is -0.370. The molecule has 0 aliphatic carbocycles. The highest BCUT2D eigenvalue weighted by Gasteiger charge is 2.39. The van der Waals surface area contributed by atoms with Crippen molar-refractivity contribution in [1.82, 2.24) is 5.43 Å². The topological polar surface area (TPSA) is 74.8 Å². The van der Waals surface area contributed by atoms with Gasteiger partial charge in [0.2, 0.25) is 0 Å². The maximum Gasteiger partial charge on any atom is 0.416 e. The maximum absolute atomic E-state index is 13.0. The monoisotopic (exact) mass is 464 g/mol. The number of carbonyl (C=O) groups is 1. The molecule has 0 bridgehead atoms. The number of nitrogens with one attached hydrogen (secondary N) is 1. The second-order valence-electron chi connectivity index (χ2n) is 7.42. The van der Waals surface area contributed by atoms with Gasteiger partial charge in [0.1, 0.15) is 11.5 Å². The van der Waals surface area contributed by atoms with E-state index < -0.39 is 23.2 Å². The van der Waals surface area contributed by atoms with Crippen molar-refractivity contribution in [1.29, 1.82) is 0 Å². The SMILES string of the molecule is O=C(NN=Cc1ccc(-c2cccc(C(F)(F)F)c2)o1)C(O)(c1ccccc1)c1ccccc1. The van der Waals surface area contributed by atoms with Crippen molar-refractivity contribution in [3.8, 4) is 11.3 Å². The fourth-order valence-electron chi connectivity index (χ4n) is 3.45. The minimum Gasteiger partial charge on any atom is -0.455 e. The number of amides is 1. The summed E-state index contributed by atoms with van der Waals surface area (Å²) >= 11 is 0. The first-order chi connectivity index (χ1) is 16.3. The van der Waals surface area contributed by atoms with E-state index in [0.717, 1.165) is 12.1 Å². The fraction of sp³-hybridized carbons (Fsp3) is 0.0769. The lowest BCUT2D eigenvalue weighted by molar-refractivity contribution is -0.137. The predicted molar refractivity (Wildman–Crippen MR) is 121 cm³/mol. The lowest BCUT2D eigenvalue weighted by Crippen LogP contribution is -2.43. The Hall–Kier alpha value is -4.17. The number of nitrogens with zero attached hydrogens (tertiary/aromatic N) is 1. The van der Waals surface area contributed by atoms with E-state index in [4.69, 9.17) is 4.42 Å². The van der Waals surface area contributed by atoms with Gasteiger partial charge in [-0.05, 0) is 35.4 Å². The molecule has 0 saturated carbocycles. The number of hydrazone groups is 1. The summed E-state index contributed by atoms with van der Waals surface area (Å²) in [6, 6.07) is 24.6. The number of rotatable bonds is 6. The summed E-state index contributed by atoms with van der Waals surface area (Å²) in [5, 5.41) is 15.2. The van der Waals surface area contributed by atoms with E-state index in [0.29, 0.717) is 11.1 Å². The highest BCUT2D eigenvalue weighted by molar-refractivity contribution is 5.91. The van der Waals surface area contributed by atoms with Gasteiger partial charge in [0, 0.05) is 5.56 Å². The summed E-state index contributed by atoms with van der Waals surface area (Å²) in [7, 11) is 0. The van der Waals surface area contributed by atoms with Crippen molar-refractivity contribution in [3.05, 3.63) is 120 Å². The van der Waals surface area contributed by atoms with Crippen molar-refractivity contribution >= 4 is 12.1 Å². The molecule has 0 aliphatic heterocycles. The Morgan fingerprint density at radius 3 is 2.00 bits per heavy atom. The summed E-state index contributed by atoms with van der Waals surface area (Å²) in [5.41, 5.74) is 0.508. The fourth-order valence-corrected chi connectivity index (χ4v) is 3.45. The Bertz CT molecular complexity index is 1260. The van der Waals surface area contributed by atoms with Crippen LogP contribution in [0, 0.1) is 0 Å². The third-order valence-electron chi connectivity index (χ3n) is 5.17. The van der Waals surface area contributed by atoms with Crippen LogP contribution in [-0.4, -0.2) is 17.2 Å². The van der Waals surface area contributed by atoms with Crippen LogP contribution in [0.2, 0.25) is 0 Å². The Morgan fingerprint density at radius 2 is 1.41 bits per heavy atom. The summed E-state index contributed by atoms with van der Waals surface area (Å²) in [6.07, 6.45) is -3.27. The van der Waals surface area contributed by atoms with Gasteiger partial charge in [-0.15, -0.1) is 0 Å². The Morgan fingerprint density at radius 1 is 0.824 bits per heavy atom. The van der Waals surface area contributed by atoms with Gasteiger partial charge in [0.15, 0.2) is 5.60 Å². The number of benzene rings is 3. The maximum atomic E-state index is 13.0. The number of carbonyl (C=O) groups excluding carboxylic acids is 1. The minimum atomic E-state index is -4.47. The molecular formula is C26H19F3N2O3. The quantitative estimate of drug-likeness (QED) is 0.298. The van der Waals surface area contributed by atoms with Crippen molar-refractivity contribution in [3.63, 3.8) is 0 Å². The number of alkyl halides is 3. The van der Waals surface area contributed by atoms with E-state index in [1.54, 1.807) is 60.7 Å². The molecule has 0 saturated heterocycles. The average molecular weight is 464 g/mol. The third kappa shape index (κ3) is 4.77. The van der Waals surface area contributed by atoms with Gasteiger partial charge in [0.25, 0.3) is 5.91 Å². The van der Waals surface area contributed by atoms with Crippen LogP contribution < -0.4 is 5.43 Å². The lowest BCUT2D eigenvalue weighted by Gasteiger charge is -2.26. The highest BCUT2D eigenvalue weighted by Crippen LogP contribution is 2.33. The minimum absolute atomic E-state index is 0.204. The first kappa shape index (κ1) is 23.0. The number of hydrogen-bond acceptors (Lipinski definition) is 4. The average Bonchev–Trinajstić information content (AvgIpc) is 3.33. The second kappa shape index (κ2) is 9.36. The largest absolute Gasteiger partial charge is 0.455 e. The molecule has 0 radical (unpaired) electrons. The Balaban J connectivity index is 1.53. The molecule has 1 aromatic heterocycles. The van der Waals surface area contributed by atoms with Gasteiger partial charge >= 0.3 is 6.18 Å². The number of aliphatic hydroxyl groups is 1. The van der Waals surface area contributed by atoms with Crippen LogP contribution in [0.5, 0.6) is 0 Å². The third-order valence-corrected chi connectivity index (χ3v) is 5.17. The summed E-state index contributed by atoms with van der Waals surface area (Å²) < 4.78 is 44.4. The molecule has 0 unspecified atom stereocenters.